The predicted molar refractivity (Wildman–Crippen MR) is 68.3 cm³/mol. The van der Waals surface area contributed by atoms with E-state index >= 15 is 0 Å². The average Bonchev–Trinajstić information content (AvgIpc) is 2.54. The Kier molecular flexibility index (Phi) is 3.10. The van der Waals surface area contributed by atoms with E-state index in [1.54, 1.807) is 6.20 Å². The summed E-state index contributed by atoms with van der Waals surface area (Å²) in [5.74, 6) is 0.420. The van der Waals surface area contributed by atoms with Crippen molar-refractivity contribution in [3.8, 4) is 0 Å². The third-order valence-corrected chi connectivity index (χ3v) is 2.44. The molecule has 2 nitrogen and oxygen atoms in total. The lowest BCUT2D eigenvalue weighted by molar-refractivity contribution is 0.940. The first-order valence-corrected chi connectivity index (χ1v) is 5.31. The van der Waals surface area contributed by atoms with Crippen LogP contribution < -0.4 is 0 Å². The highest BCUT2D eigenvalue weighted by atomic mass is 14.8. The van der Waals surface area contributed by atoms with Crippen LogP contribution in [0.15, 0.2) is 54.3 Å². The van der Waals surface area contributed by atoms with Crippen LogP contribution in [0.25, 0.3) is 6.08 Å². The number of allylic oxidation sites excluding steroid dienone is 3. The molecule has 2 heteroatoms. The number of pyridine rings is 1. The van der Waals surface area contributed by atoms with E-state index in [1.165, 1.54) is 0 Å². The highest BCUT2D eigenvalue weighted by Gasteiger charge is 2.04. The SMILES string of the molecule is C=Cc1ccnc(C2=NC=CC(C)C=C2)c1. The molecule has 0 aromatic carbocycles. The fourth-order valence-electron chi connectivity index (χ4n) is 1.47. The molecular weight excluding hydrogens is 196 g/mol. The molecule has 1 aliphatic rings. The Morgan fingerprint density at radius 2 is 2.25 bits per heavy atom. The second kappa shape index (κ2) is 4.71. The van der Waals surface area contributed by atoms with Crippen LogP contribution in [-0.4, -0.2) is 10.7 Å². The van der Waals surface area contributed by atoms with E-state index in [1.807, 2.05) is 30.5 Å². The second-order valence-corrected chi connectivity index (χ2v) is 3.75. The summed E-state index contributed by atoms with van der Waals surface area (Å²) in [6.07, 6.45) is 11.6. The third-order valence-electron chi connectivity index (χ3n) is 2.44. The summed E-state index contributed by atoms with van der Waals surface area (Å²) in [4.78, 5) is 8.69. The maximum atomic E-state index is 4.37. The van der Waals surface area contributed by atoms with Gasteiger partial charge in [0.2, 0.25) is 0 Å². The van der Waals surface area contributed by atoms with Crippen molar-refractivity contribution in [2.24, 2.45) is 10.9 Å². The summed E-state index contributed by atoms with van der Waals surface area (Å²) in [5.41, 5.74) is 2.83. The molecule has 0 fully saturated rings. The van der Waals surface area contributed by atoms with Gasteiger partial charge in [-0.25, -0.2) is 0 Å². The van der Waals surface area contributed by atoms with Crippen molar-refractivity contribution in [3.05, 3.63) is 60.6 Å². The van der Waals surface area contributed by atoms with Crippen molar-refractivity contribution in [1.82, 2.24) is 4.98 Å². The lowest BCUT2D eigenvalue weighted by atomic mass is 10.1. The summed E-state index contributed by atoms with van der Waals surface area (Å²) in [6.45, 7) is 5.87. The van der Waals surface area contributed by atoms with Gasteiger partial charge < -0.3 is 0 Å². The summed E-state index contributed by atoms with van der Waals surface area (Å²) in [6, 6.07) is 3.91. The molecule has 0 saturated carbocycles. The maximum absolute atomic E-state index is 4.37. The number of hydrogen-bond acceptors (Lipinski definition) is 2. The molecular formula is C14H14N2. The smallest absolute Gasteiger partial charge is 0.0891 e. The molecule has 16 heavy (non-hydrogen) atoms. The van der Waals surface area contributed by atoms with E-state index in [0.717, 1.165) is 17.0 Å². The van der Waals surface area contributed by atoms with Crippen molar-refractivity contribution >= 4 is 11.8 Å². The van der Waals surface area contributed by atoms with Gasteiger partial charge in [-0.15, -0.1) is 0 Å². The van der Waals surface area contributed by atoms with Crippen LogP contribution in [0.5, 0.6) is 0 Å². The predicted octanol–water partition coefficient (Wildman–Crippen LogP) is 3.23. The van der Waals surface area contributed by atoms with Gasteiger partial charge in [-0.3, -0.25) is 9.98 Å². The minimum atomic E-state index is 0.420. The first-order chi connectivity index (χ1) is 7.79. The van der Waals surface area contributed by atoms with Crippen molar-refractivity contribution < 1.29 is 0 Å². The highest BCUT2D eigenvalue weighted by molar-refractivity contribution is 6.08. The van der Waals surface area contributed by atoms with E-state index in [2.05, 4.69) is 35.6 Å². The highest BCUT2D eigenvalue weighted by Crippen LogP contribution is 2.10. The first-order valence-electron chi connectivity index (χ1n) is 5.31. The Bertz CT molecular complexity index is 481. The lowest BCUT2D eigenvalue weighted by Crippen LogP contribution is -1.99. The number of aliphatic imine (C=N–C) groups is 1. The lowest BCUT2D eigenvalue weighted by Gasteiger charge is -2.00. The molecule has 80 valence electrons. The number of aromatic nitrogens is 1. The Morgan fingerprint density at radius 3 is 3.06 bits per heavy atom. The minimum Gasteiger partial charge on any atom is -0.255 e. The second-order valence-electron chi connectivity index (χ2n) is 3.75. The van der Waals surface area contributed by atoms with Gasteiger partial charge in [-0.1, -0.05) is 31.7 Å². The van der Waals surface area contributed by atoms with Crippen LogP contribution in [0.1, 0.15) is 18.2 Å². The van der Waals surface area contributed by atoms with E-state index in [9.17, 15) is 0 Å². The number of nitrogens with zero attached hydrogens (tertiary/aromatic N) is 2. The zero-order valence-corrected chi connectivity index (χ0v) is 9.30. The normalized spacial score (nSPS) is 19.1. The van der Waals surface area contributed by atoms with Crippen LogP contribution in [0.3, 0.4) is 0 Å². The van der Waals surface area contributed by atoms with Crippen molar-refractivity contribution in [2.75, 3.05) is 0 Å². The fourth-order valence-corrected chi connectivity index (χ4v) is 1.47. The van der Waals surface area contributed by atoms with Gasteiger partial charge in [0.15, 0.2) is 0 Å². The topological polar surface area (TPSA) is 25.2 Å². The molecule has 0 spiro atoms. The molecule has 0 saturated heterocycles. The summed E-state index contributed by atoms with van der Waals surface area (Å²) >= 11 is 0. The van der Waals surface area contributed by atoms with Crippen molar-refractivity contribution in [3.63, 3.8) is 0 Å². The molecule has 0 N–H and O–H groups in total. The molecule has 0 aliphatic carbocycles. The standard InChI is InChI=1S/C14H14N2/c1-3-12-7-9-16-14(10-12)13-5-4-11(2)6-8-15-13/h3-11H,1H2,2H3. The Labute approximate surface area is 95.8 Å². The van der Waals surface area contributed by atoms with E-state index in [4.69, 9.17) is 0 Å². The molecule has 0 bridgehead atoms. The molecule has 1 aromatic heterocycles. The molecule has 0 radical (unpaired) electrons. The molecule has 1 unspecified atom stereocenters. The molecule has 2 rings (SSSR count). The van der Waals surface area contributed by atoms with Crippen LogP contribution in [0.2, 0.25) is 0 Å². The van der Waals surface area contributed by atoms with Crippen LogP contribution in [0.4, 0.5) is 0 Å². The van der Waals surface area contributed by atoms with Gasteiger partial charge in [-0.05, 0) is 29.7 Å². The summed E-state index contributed by atoms with van der Waals surface area (Å²) in [5, 5.41) is 0. The average molecular weight is 210 g/mol. The molecule has 1 aliphatic heterocycles. The first kappa shape index (κ1) is 10.6. The molecule has 0 amide bonds. The van der Waals surface area contributed by atoms with Gasteiger partial charge in [-0.2, -0.15) is 0 Å². The maximum Gasteiger partial charge on any atom is 0.0891 e. The number of rotatable bonds is 2. The summed E-state index contributed by atoms with van der Waals surface area (Å²) < 4.78 is 0. The fraction of sp³-hybridized carbons (Fsp3) is 0.143. The molecule has 1 aromatic rings. The Morgan fingerprint density at radius 1 is 1.38 bits per heavy atom. The largest absolute Gasteiger partial charge is 0.255 e. The van der Waals surface area contributed by atoms with Gasteiger partial charge in [0.1, 0.15) is 0 Å². The van der Waals surface area contributed by atoms with E-state index in [-0.39, 0.29) is 0 Å². The van der Waals surface area contributed by atoms with E-state index < -0.39 is 0 Å². The van der Waals surface area contributed by atoms with Gasteiger partial charge in [0, 0.05) is 12.4 Å². The Hall–Kier alpha value is -1.96. The Balaban J connectivity index is 2.37. The van der Waals surface area contributed by atoms with Gasteiger partial charge in [0.25, 0.3) is 0 Å². The van der Waals surface area contributed by atoms with Crippen LogP contribution >= 0.6 is 0 Å². The van der Waals surface area contributed by atoms with Gasteiger partial charge in [0.05, 0.1) is 11.4 Å². The van der Waals surface area contributed by atoms with Gasteiger partial charge >= 0.3 is 0 Å². The minimum absolute atomic E-state index is 0.420. The van der Waals surface area contributed by atoms with Crippen LogP contribution in [0, 0.1) is 5.92 Å². The molecule has 2 heterocycles. The van der Waals surface area contributed by atoms with Crippen molar-refractivity contribution in [1.29, 1.82) is 0 Å². The number of hydrogen-bond donors (Lipinski definition) is 0. The zero-order chi connectivity index (χ0) is 11.4. The zero-order valence-electron chi connectivity index (χ0n) is 9.30. The molecule has 1 atom stereocenters. The van der Waals surface area contributed by atoms with Crippen molar-refractivity contribution in [2.45, 2.75) is 6.92 Å². The van der Waals surface area contributed by atoms with E-state index in [0.29, 0.717) is 5.92 Å². The summed E-state index contributed by atoms with van der Waals surface area (Å²) in [7, 11) is 0. The van der Waals surface area contributed by atoms with Crippen LogP contribution in [-0.2, 0) is 0 Å². The third kappa shape index (κ3) is 2.34. The quantitative estimate of drug-likeness (QED) is 0.735. The monoisotopic (exact) mass is 210 g/mol.